The first-order chi connectivity index (χ1) is 6.18. The molecule has 0 unspecified atom stereocenters. The molecule has 68 valence electrons. The van der Waals surface area contributed by atoms with E-state index in [1.807, 2.05) is 6.07 Å². The van der Waals surface area contributed by atoms with E-state index in [0.29, 0.717) is 5.69 Å². The molecule has 0 amide bonds. The second-order valence-electron chi connectivity index (χ2n) is 3.12. The number of carbonyl (C=O) groups excluding carboxylic acids is 1. The van der Waals surface area contributed by atoms with Crippen molar-refractivity contribution in [2.45, 2.75) is 12.8 Å². The summed E-state index contributed by atoms with van der Waals surface area (Å²) in [6.07, 6.45) is 3.69. The Morgan fingerprint density at radius 2 is 2.15 bits per heavy atom. The predicted molar refractivity (Wildman–Crippen MR) is 56.7 cm³/mol. The fraction of sp³-hybridized carbons (Fsp3) is 0.333. The van der Waals surface area contributed by atoms with Gasteiger partial charge < -0.3 is 0 Å². The van der Waals surface area contributed by atoms with Gasteiger partial charge >= 0.3 is 0 Å². The number of aromatic nitrogens is 1. The number of pyridine rings is 1. The van der Waals surface area contributed by atoms with Crippen LogP contribution >= 0.6 is 31.9 Å². The summed E-state index contributed by atoms with van der Waals surface area (Å²) in [6, 6.07) is 1.85. The van der Waals surface area contributed by atoms with E-state index in [-0.39, 0.29) is 11.7 Å². The lowest BCUT2D eigenvalue weighted by atomic mass is 10.2. The molecular weight excluding hydrogens is 298 g/mol. The summed E-state index contributed by atoms with van der Waals surface area (Å²) in [6.45, 7) is 0. The van der Waals surface area contributed by atoms with Crippen molar-refractivity contribution < 1.29 is 4.79 Å². The maximum atomic E-state index is 11.6. The van der Waals surface area contributed by atoms with Crippen LogP contribution in [0.25, 0.3) is 0 Å². The van der Waals surface area contributed by atoms with Crippen molar-refractivity contribution in [3.05, 3.63) is 26.9 Å². The number of hydrogen-bond donors (Lipinski definition) is 0. The van der Waals surface area contributed by atoms with Crippen molar-refractivity contribution in [3.63, 3.8) is 0 Å². The molecule has 1 heterocycles. The quantitative estimate of drug-likeness (QED) is 0.785. The summed E-state index contributed by atoms with van der Waals surface area (Å²) in [5.41, 5.74) is 0.561. The van der Waals surface area contributed by atoms with E-state index in [0.717, 1.165) is 21.8 Å². The van der Waals surface area contributed by atoms with Crippen LogP contribution in [0.1, 0.15) is 23.3 Å². The van der Waals surface area contributed by atoms with Crippen LogP contribution in [-0.4, -0.2) is 10.8 Å². The second-order valence-corrected chi connectivity index (χ2v) is 4.89. The highest BCUT2D eigenvalue weighted by Gasteiger charge is 2.32. The van der Waals surface area contributed by atoms with E-state index in [9.17, 15) is 4.79 Å². The Morgan fingerprint density at radius 1 is 1.46 bits per heavy atom. The van der Waals surface area contributed by atoms with Crippen LogP contribution in [0, 0.1) is 5.92 Å². The minimum atomic E-state index is 0.166. The van der Waals surface area contributed by atoms with Gasteiger partial charge in [0, 0.05) is 21.1 Å². The summed E-state index contributed by atoms with van der Waals surface area (Å²) >= 11 is 6.62. The molecule has 0 N–H and O–H groups in total. The van der Waals surface area contributed by atoms with Crippen molar-refractivity contribution >= 4 is 37.6 Å². The minimum Gasteiger partial charge on any atom is -0.292 e. The van der Waals surface area contributed by atoms with Crippen LogP contribution in [0.5, 0.6) is 0 Å². The SMILES string of the molecule is O=C(c1ncc(Br)cc1Br)C1CC1. The maximum Gasteiger partial charge on any atom is 0.185 e. The average Bonchev–Trinajstić information content (AvgIpc) is 2.85. The molecule has 0 atom stereocenters. The predicted octanol–water partition coefficient (Wildman–Crippen LogP) is 3.20. The molecule has 2 nitrogen and oxygen atoms in total. The van der Waals surface area contributed by atoms with Gasteiger partial charge in [-0.05, 0) is 50.8 Å². The number of hydrogen-bond acceptors (Lipinski definition) is 2. The molecule has 0 aromatic carbocycles. The van der Waals surface area contributed by atoms with Crippen LogP contribution in [-0.2, 0) is 0 Å². The largest absolute Gasteiger partial charge is 0.292 e. The van der Waals surface area contributed by atoms with Gasteiger partial charge in [0.05, 0.1) is 0 Å². The lowest BCUT2D eigenvalue weighted by molar-refractivity contribution is 0.0962. The zero-order valence-electron chi connectivity index (χ0n) is 6.76. The van der Waals surface area contributed by atoms with Gasteiger partial charge in [-0.2, -0.15) is 0 Å². The number of halogens is 2. The lowest BCUT2D eigenvalue weighted by Crippen LogP contribution is -2.04. The van der Waals surface area contributed by atoms with Gasteiger partial charge in [0.1, 0.15) is 5.69 Å². The molecule has 0 bridgehead atoms. The van der Waals surface area contributed by atoms with E-state index in [1.165, 1.54) is 0 Å². The molecule has 1 fully saturated rings. The first-order valence-corrected chi connectivity index (χ1v) is 5.62. The highest BCUT2D eigenvalue weighted by atomic mass is 79.9. The monoisotopic (exact) mass is 303 g/mol. The molecule has 2 rings (SSSR count). The Morgan fingerprint density at radius 3 is 2.69 bits per heavy atom. The first-order valence-electron chi connectivity index (χ1n) is 4.04. The molecule has 13 heavy (non-hydrogen) atoms. The van der Waals surface area contributed by atoms with Crippen molar-refractivity contribution in [3.8, 4) is 0 Å². The Labute approximate surface area is 93.0 Å². The van der Waals surface area contributed by atoms with E-state index >= 15 is 0 Å². The second kappa shape index (κ2) is 3.50. The molecular formula is C9H7Br2NO. The smallest absolute Gasteiger partial charge is 0.185 e. The van der Waals surface area contributed by atoms with Gasteiger partial charge in [0.15, 0.2) is 5.78 Å². The molecule has 0 radical (unpaired) electrons. The molecule has 1 aromatic rings. The average molecular weight is 305 g/mol. The number of carbonyl (C=O) groups is 1. The van der Waals surface area contributed by atoms with Gasteiger partial charge in [-0.15, -0.1) is 0 Å². The molecule has 4 heteroatoms. The summed E-state index contributed by atoms with van der Waals surface area (Å²) < 4.78 is 1.66. The summed E-state index contributed by atoms with van der Waals surface area (Å²) in [5, 5.41) is 0. The van der Waals surface area contributed by atoms with E-state index in [4.69, 9.17) is 0 Å². The molecule has 0 saturated heterocycles. The summed E-state index contributed by atoms with van der Waals surface area (Å²) in [5.74, 6) is 0.393. The van der Waals surface area contributed by atoms with Crippen molar-refractivity contribution in [1.82, 2.24) is 4.98 Å². The highest BCUT2D eigenvalue weighted by Crippen LogP contribution is 2.34. The van der Waals surface area contributed by atoms with Gasteiger partial charge in [-0.1, -0.05) is 0 Å². The number of nitrogens with zero attached hydrogens (tertiary/aromatic N) is 1. The van der Waals surface area contributed by atoms with E-state index in [2.05, 4.69) is 36.8 Å². The Kier molecular flexibility index (Phi) is 2.51. The molecule has 1 aliphatic rings. The number of ketones is 1. The van der Waals surface area contributed by atoms with Crippen molar-refractivity contribution in [1.29, 1.82) is 0 Å². The standard InChI is InChI=1S/C9H7Br2NO/c10-6-3-7(11)8(12-4-6)9(13)5-1-2-5/h3-5H,1-2H2. The van der Waals surface area contributed by atoms with E-state index in [1.54, 1.807) is 6.20 Å². The Balaban J connectivity index is 2.33. The van der Waals surface area contributed by atoms with Crippen molar-refractivity contribution in [2.24, 2.45) is 5.92 Å². The van der Waals surface area contributed by atoms with Crippen LogP contribution in [0.4, 0.5) is 0 Å². The minimum absolute atomic E-state index is 0.166. The summed E-state index contributed by atoms with van der Waals surface area (Å²) in [7, 11) is 0. The molecule has 1 aliphatic carbocycles. The fourth-order valence-electron chi connectivity index (χ4n) is 1.13. The van der Waals surface area contributed by atoms with Crippen molar-refractivity contribution in [2.75, 3.05) is 0 Å². The van der Waals surface area contributed by atoms with Crippen LogP contribution in [0.3, 0.4) is 0 Å². The summed E-state index contributed by atoms with van der Waals surface area (Å²) in [4.78, 5) is 15.7. The third-order valence-electron chi connectivity index (χ3n) is 1.99. The first kappa shape index (κ1) is 9.34. The zero-order valence-corrected chi connectivity index (χ0v) is 9.93. The van der Waals surface area contributed by atoms with Gasteiger partial charge in [-0.25, -0.2) is 0 Å². The van der Waals surface area contributed by atoms with E-state index < -0.39 is 0 Å². The van der Waals surface area contributed by atoms with Gasteiger partial charge in [0.25, 0.3) is 0 Å². The number of Topliss-reactive ketones (excluding diaryl/α,β-unsaturated/α-hetero) is 1. The Bertz CT molecular complexity index is 361. The molecule has 1 aromatic heterocycles. The third kappa shape index (κ3) is 1.99. The number of rotatable bonds is 2. The molecule has 0 spiro atoms. The van der Waals surface area contributed by atoms with Gasteiger partial charge in [-0.3, -0.25) is 9.78 Å². The van der Waals surface area contributed by atoms with Gasteiger partial charge in [0.2, 0.25) is 0 Å². The third-order valence-corrected chi connectivity index (χ3v) is 3.03. The lowest BCUT2D eigenvalue weighted by Gasteiger charge is -2.00. The van der Waals surface area contributed by atoms with Crippen LogP contribution in [0.15, 0.2) is 21.2 Å². The highest BCUT2D eigenvalue weighted by molar-refractivity contribution is 9.11. The molecule has 1 saturated carbocycles. The Hall–Kier alpha value is -0.220. The topological polar surface area (TPSA) is 30.0 Å². The fourth-order valence-corrected chi connectivity index (χ4v) is 2.32. The normalized spacial score (nSPS) is 15.8. The zero-order chi connectivity index (χ0) is 9.42. The van der Waals surface area contributed by atoms with Crippen LogP contribution < -0.4 is 0 Å². The maximum absolute atomic E-state index is 11.6. The van der Waals surface area contributed by atoms with Crippen LogP contribution in [0.2, 0.25) is 0 Å². The molecule has 0 aliphatic heterocycles.